The molecule has 170 valence electrons. The second kappa shape index (κ2) is 8.69. The Morgan fingerprint density at radius 3 is 2.81 bits per heavy atom. The molecule has 1 aliphatic heterocycles. The van der Waals surface area contributed by atoms with Gasteiger partial charge in [-0.1, -0.05) is 19.1 Å². The summed E-state index contributed by atoms with van der Waals surface area (Å²) in [5.74, 6) is 0.424. The van der Waals surface area contributed by atoms with E-state index < -0.39 is 9.92 Å². The van der Waals surface area contributed by atoms with Gasteiger partial charge >= 0.3 is 0 Å². The molecule has 7 heteroatoms. The molecule has 1 aromatic heterocycles. The van der Waals surface area contributed by atoms with Crippen LogP contribution in [0.4, 0.5) is 0 Å². The van der Waals surface area contributed by atoms with Crippen LogP contribution in [0.15, 0.2) is 34.8 Å². The lowest BCUT2D eigenvalue weighted by Crippen LogP contribution is -2.56. The van der Waals surface area contributed by atoms with Crippen LogP contribution < -0.4 is 5.14 Å². The second-order valence-electron chi connectivity index (χ2n) is 9.53. The van der Waals surface area contributed by atoms with Crippen LogP contribution in [-0.2, 0) is 40.4 Å². The van der Waals surface area contributed by atoms with Gasteiger partial charge in [0.05, 0.1) is 11.7 Å². The number of likely N-dealkylation sites (tertiary alicyclic amines) is 1. The van der Waals surface area contributed by atoms with Crippen molar-refractivity contribution in [3.8, 4) is 11.1 Å². The number of benzene rings is 1. The Kier molecular flexibility index (Phi) is 5.90. The standard InChI is InChI=1S/C25H32N4O2S/c1-2-20-12-19(10-11-27-20)23-9-8-18-4-3-5-22(18)24(23)13-25(30)28-32(26,31)21-15-29(16-21)14-17-6-7-17/h8-12,17,21H,2-7,13-16H2,1H3,(H2,26,28,30,31). The van der Waals surface area contributed by atoms with Gasteiger partial charge < -0.3 is 4.90 Å². The molecule has 0 bridgehead atoms. The molecule has 1 unspecified atom stereocenters. The zero-order valence-corrected chi connectivity index (χ0v) is 19.6. The Morgan fingerprint density at radius 2 is 2.06 bits per heavy atom. The van der Waals surface area contributed by atoms with Gasteiger partial charge in [0.15, 0.2) is 0 Å². The highest BCUT2D eigenvalue weighted by atomic mass is 32.2. The summed E-state index contributed by atoms with van der Waals surface area (Å²) in [5, 5.41) is 5.88. The SMILES string of the molecule is CCc1cc(-c2ccc3c(c2CC(=O)N=S(N)(=O)C2CN(CC4CC4)C2)CCC3)ccn1. The van der Waals surface area contributed by atoms with Gasteiger partial charge in [-0.15, -0.1) is 4.36 Å². The van der Waals surface area contributed by atoms with E-state index in [9.17, 15) is 9.00 Å². The maximum atomic E-state index is 13.0. The minimum Gasteiger partial charge on any atom is -0.300 e. The third-order valence-electron chi connectivity index (χ3n) is 7.08. The summed E-state index contributed by atoms with van der Waals surface area (Å²) in [6.45, 7) is 4.52. The second-order valence-corrected chi connectivity index (χ2v) is 11.6. The van der Waals surface area contributed by atoms with Crippen molar-refractivity contribution in [2.45, 2.75) is 57.1 Å². The number of hydrogen-bond acceptors (Lipinski definition) is 4. The fraction of sp³-hybridized carbons (Fsp3) is 0.520. The molecule has 0 spiro atoms. The molecular formula is C25H32N4O2S. The largest absolute Gasteiger partial charge is 0.300 e. The first-order chi connectivity index (χ1) is 15.4. The summed E-state index contributed by atoms with van der Waals surface area (Å²) in [4.78, 5) is 19.7. The molecule has 0 radical (unpaired) electrons. The molecule has 32 heavy (non-hydrogen) atoms. The molecule has 1 saturated carbocycles. The van der Waals surface area contributed by atoms with Gasteiger partial charge in [-0.3, -0.25) is 9.78 Å². The average Bonchev–Trinajstić information content (AvgIpc) is 3.43. The van der Waals surface area contributed by atoms with Crippen molar-refractivity contribution in [2.24, 2.45) is 15.4 Å². The highest BCUT2D eigenvalue weighted by Gasteiger charge is 2.37. The summed E-state index contributed by atoms with van der Waals surface area (Å²) in [6.07, 6.45) is 8.53. The third kappa shape index (κ3) is 4.51. The predicted octanol–water partition coefficient (Wildman–Crippen LogP) is 3.30. The van der Waals surface area contributed by atoms with E-state index in [-0.39, 0.29) is 17.6 Å². The topological polar surface area (TPSA) is 88.7 Å². The van der Waals surface area contributed by atoms with E-state index in [1.54, 1.807) is 0 Å². The van der Waals surface area contributed by atoms with Crippen molar-refractivity contribution in [1.29, 1.82) is 0 Å². The van der Waals surface area contributed by atoms with Crippen molar-refractivity contribution in [3.63, 3.8) is 0 Å². The van der Waals surface area contributed by atoms with Gasteiger partial charge in [0.2, 0.25) is 0 Å². The molecule has 2 aliphatic carbocycles. The summed E-state index contributed by atoms with van der Waals surface area (Å²) < 4.78 is 17.1. The fourth-order valence-corrected chi connectivity index (χ4v) is 6.40. The van der Waals surface area contributed by atoms with Gasteiger partial charge in [0, 0.05) is 31.5 Å². The van der Waals surface area contributed by atoms with E-state index in [1.165, 1.54) is 24.0 Å². The summed E-state index contributed by atoms with van der Waals surface area (Å²) in [5.41, 5.74) is 6.72. The monoisotopic (exact) mass is 452 g/mol. The summed E-state index contributed by atoms with van der Waals surface area (Å²) >= 11 is 0. The van der Waals surface area contributed by atoms with Crippen LogP contribution in [0.5, 0.6) is 0 Å². The number of fused-ring (bicyclic) bond motifs is 1. The number of carbonyl (C=O) groups is 1. The van der Waals surface area contributed by atoms with Crippen molar-refractivity contribution < 1.29 is 9.00 Å². The number of nitrogens with two attached hydrogens (primary N) is 1. The minimum atomic E-state index is -3.02. The van der Waals surface area contributed by atoms with Crippen LogP contribution in [0.2, 0.25) is 0 Å². The maximum Gasteiger partial charge on any atom is 0.259 e. The third-order valence-corrected chi connectivity index (χ3v) is 8.82. The van der Waals surface area contributed by atoms with Crippen LogP contribution in [-0.4, -0.2) is 44.9 Å². The first-order valence-electron chi connectivity index (χ1n) is 11.8. The predicted molar refractivity (Wildman–Crippen MR) is 127 cm³/mol. The molecule has 3 aliphatic rings. The van der Waals surface area contributed by atoms with E-state index in [0.29, 0.717) is 13.1 Å². The molecule has 5 rings (SSSR count). The molecule has 2 aromatic rings. The van der Waals surface area contributed by atoms with Gasteiger partial charge in [-0.25, -0.2) is 9.35 Å². The molecular weight excluding hydrogens is 420 g/mol. The Bertz CT molecular complexity index is 1160. The Hall–Kier alpha value is -2.09. The maximum absolute atomic E-state index is 13.0. The van der Waals surface area contributed by atoms with Crippen molar-refractivity contribution in [3.05, 3.63) is 52.8 Å². The molecule has 2 fully saturated rings. The van der Waals surface area contributed by atoms with E-state index in [0.717, 1.165) is 60.5 Å². The van der Waals surface area contributed by atoms with Gasteiger partial charge in [-0.05, 0) is 84.4 Å². The van der Waals surface area contributed by atoms with E-state index in [4.69, 9.17) is 5.14 Å². The Balaban J connectivity index is 1.39. The van der Waals surface area contributed by atoms with Crippen LogP contribution in [0.1, 0.15) is 48.6 Å². The number of carbonyl (C=O) groups excluding carboxylic acids is 1. The summed E-state index contributed by atoms with van der Waals surface area (Å²) in [7, 11) is -3.02. The van der Waals surface area contributed by atoms with E-state index >= 15 is 0 Å². The quantitative estimate of drug-likeness (QED) is 0.698. The highest BCUT2D eigenvalue weighted by Crippen LogP contribution is 2.35. The first kappa shape index (κ1) is 21.7. The summed E-state index contributed by atoms with van der Waals surface area (Å²) in [6, 6.07) is 8.39. The minimum absolute atomic E-state index is 0.148. The van der Waals surface area contributed by atoms with Crippen molar-refractivity contribution in [1.82, 2.24) is 9.88 Å². The Morgan fingerprint density at radius 1 is 1.25 bits per heavy atom. The smallest absolute Gasteiger partial charge is 0.259 e. The lowest BCUT2D eigenvalue weighted by Gasteiger charge is -2.39. The van der Waals surface area contributed by atoms with E-state index in [2.05, 4.69) is 39.4 Å². The number of pyridine rings is 1. The lowest BCUT2D eigenvalue weighted by atomic mass is 9.91. The molecule has 6 nitrogen and oxygen atoms in total. The molecule has 2 N–H and O–H groups in total. The van der Waals surface area contributed by atoms with Crippen LogP contribution in [0, 0.1) is 5.92 Å². The molecule has 1 aromatic carbocycles. The average molecular weight is 453 g/mol. The first-order valence-corrected chi connectivity index (χ1v) is 13.4. The van der Waals surface area contributed by atoms with E-state index in [1.807, 2.05) is 12.3 Å². The van der Waals surface area contributed by atoms with Gasteiger partial charge in [-0.2, -0.15) is 0 Å². The number of rotatable bonds is 7. The number of aryl methyl sites for hydroxylation is 2. The van der Waals surface area contributed by atoms with Gasteiger partial charge in [0.1, 0.15) is 9.92 Å². The number of nitrogens with zero attached hydrogens (tertiary/aromatic N) is 3. The number of hydrogen-bond donors (Lipinski definition) is 1. The Labute approximate surface area is 190 Å². The molecule has 2 heterocycles. The van der Waals surface area contributed by atoms with Crippen LogP contribution in [0.3, 0.4) is 0 Å². The zero-order valence-electron chi connectivity index (χ0n) is 18.8. The van der Waals surface area contributed by atoms with Crippen molar-refractivity contribution >= 4 is 15.8 Å². The zero-order chi connectivity index (χ0) is 22.3. The van der Waals surface area contributed by atoms with Crippen LogP contribution in [0.25, 0.3) is 11.1 Å². The number of aromatic nitrogens is 1. The lowest BCUT2D eigenvalue weighted by molar-refractivity contribution is -0.117. The molecule has 1 amide bonds. The molecule has 1 saturated heterocycles. The normalized spacial score (nSPS) is 20.4. The van der Waals surface area contributed by atoms with Gasteiger partial charge in [0.25, 0.3) is 5.91 Å². The highest BCUT2D eigenvalue weighted by molar-refractivity contribution is 7.92. The van der Waals surface area contributed by atoms with Crippen molar-refractivity contribution in [2.75, 3.05) is 19.6 Å². The number of amides is 1. The fourth-order valence-electron chi connectivity index (χ4n) is 5.02. The molecule has 1 atom stereocenters. The van der Waals surface area contributed by atoms with Crippen LogP contribution >= 0.6 is 0 Å².